The Bertz CT molecular complexity index is 1360. The molecule has 0 saturated heterocycles. The summed E-state index contributed by atoms with van der Waals surface area (Å²) in [7, 11) is 0. The fraction of sp³-hybridized carbons (Fsp3) is 0.896. The van der Waals surface area contributed by atoms with Crippen LogP contribution in [-0.4, -0.2) is 49.4 Å². The molecule has 0 aliphatic heterocycles. The van der Waals surface area contributed by atoms with E-state index in [0.29, 0.717) is 25.2 Å². The monoisotopic (exact) mass is 807 g/mol. The van der Waals surface area contributed by atoms with Crippen LogP contribution >= 0.6 is 0 Å². The second-order valence-corrected chi connectivity index (χ2v) is 22.6. The maximum Gasteiger partial charge on any atom is 0.312 e. The number of carbonyl (C=O) groups excluding carboxylic acids is 5. The van der Waals surface area contributed by atoms with Gasteiger partial charge in [-0.1, -0.05) is 144 Å². The minimum absolute atomic E-state index is 0.0376. The van der Waals surface area contributed by atoms with Crippen molar-refractivity contribution in [1.82, 2.24) is 10.6 Å². The van der Waals surface area contributed by atoms with Crippen LogP contribution in [0.25, 0.3) is 0 Å². The highest BCUT2D eigenvalue weighted by Crippen LogP contribution is 2.57. The SMILES string of the molecule is CCCC(CC)C(C)(C)CC(C(=O)NCNC(=O)CC(C)C)C(C)(C)C(C)C(C)(C(=O)OCCOC(=O)C(C)(C)C(C)(C)CC(C)(C(C)=O)C(C)(C)C)C(C)(C)C. The van der Waals surface area contributed by atoms with Crippen molar-refractivity contribution in [3.63, 3.8) is 0 Å². The van der Waals surface area contributed by atoms with E-state index >= 15 is 0 Å². The summed E-state index contributed by atoms with van der Waals surface area (Å²) >= 11 is 0. The summed E-state index contributed by atoms with van der Waals surface area (Å²) in [6.45, 7) is 44.3. The molecule has 0 aromatic rings. The van der Waals surface area contributed by atoms with Crippen LogP contribution in [0.4, 0.5) is 0 Å². The molecule has 0 aromatic carbocycles. The first kappa shape index (κ1) is 54.6. The van der Waals surface area contributed by atoms with Crippen molar-refractivity contribution >= 4 is 29.5 Å². The van der Waals surface area contributed by atoms with Gasteiger partial charge in [0.25, 0.3) is 0 Å². The van der Waals surface area contributed by atoms with Crippen LogP contribution in [0.5, 0.6) is 0 Å². The van der Waals surface area contributed by atoms with Gasteiger partial charge in [0.1, 0.15) is 19.0 Å². The molecule has 0 bridgehead atoms. The summed E-state index contributed by atoms with van der Waals surface area (Å²) in [5.41, 5.74) is -4.99. The van der Waals surface area contributed by atoms with Gasteiger partial charge in [0.05, 0.1) is 17.5 Å². The predicted octanol–water partition coefficient (Wildman–Crippen LogP) is 11.0. The zero-order valence-corrected chi connectivity index (χ0v) is 41.0. The lowest BCUT2D eigenvalue weighted by molar-refractivity contribution is -0.180. The molecule has 9 heteroatoms. The van der Waals surface area contributed by atoms with Crippen molar-refractivity contribution in [2.75, 3.05) is 19.9 Å². The third-order valence-corrected chi connectivity index (χ3v) is 15.3. The molecular weight excluding hydrogens is 717 g/mol. The smallest absolute Gasteiger partial charge is 0.312 e. The van der Waals surface area contributed by atoms with Crippen LogP contribution in [0, 0.1) is 67.0 Å². The summed E-state index contributed by atoms with van der Waals surface area (Å²) in [5, 5.41) is 5.88. The molecule has 2 N–H and O–H groups in total. The van der Waals surface area contributed by atoms with Gasteiger partial charge in [0.15, 0.2) is 0 Å². The van der Waals surface area contributed by atoms with E-state index in [-0.39, 0.29) is 60.1 Å². The lowest BCUT2D eigenvalue weighted by atomic mass is 9.51. The second kappa shape index (κ2) is 20.2. The van der Waals surface area contributed by atoms with Crippen LogP contribution in [-0.2, 0) is 33.4 Å². The third kappa shape index (κ3) is 13.3. The zero-order chi connectivity index (χ0) is 45.4. The zero-order valence-electron chi connectivity index (χ0n) is 41.0. The molecule has 0 saturated carbocycles. The summed E-state index contributed by atoms with van der Waals surface area (Å²) in [4.78, 5) is 67.8. The Morgan fingerprint density at radius 1 is 0.667 bits per heavy atom. The summed E-state index contributed by atoms with van der Waals surface area (Å²) < 4.78 is 11.8. The van der Waals surface area contributed by atoms with Gasteiger partial charge in [-0.2, -0.15) is 0 Å². The Morgan fingerprint density at radius 3 is 1.56 bits per heavy atom. The van der Waals surface area contributed by atoms with Crippen LogP contribution in [0.3, 0.4) is 0 Å². The average Bonchev–Trinajstić information content (AvgIpc) is 3.04. The van der Waals surface area contributed by atoms with Gasteiger partial charge in [-0.25, -0.2) is 0 Å². The van der Waals surface area contributed by atoms with E-state index in [0.717, 1.165) is 19.3 Å². The molecular formula is C48H90N2O7. The van der Waals surface area contributed by atoms with Gasteiger partial charge < -0.3 is 20.1 Å². The number of hydrogen-bond donors (Lipinski definition) is 2. The van der Waals surface area contributed by atoms with Gasteiger partial charge in [-0.3, -0.25) is 24.0 Å². The quantitative estimate of drug-likeness (QED) is 0.0598. The molecule has 2 amide bonds. The predicted molar refractivity (Wildman–Crippen MR) is 234 cm³/mol. The first-order chi connectivity index (χ1) is 25.4. The Kier molecular flexibility index (Phi) is 19.3. The van der Waals surface area contributed by atoms with E-state index in [4.69, 9.17) is 9.47 Å². The first-order valence-corrected chi connectivity index (χ1v) is 21.9. The third-order valence-electron chi connectivity index (χ3n) is 15.3. The van der Waals surface area contributed by atoms with Crippen molar-refractivity contribution in [2.45, 2.75) is 191 Å². The standard InChI is InChI=1S/C48H90N2O7/c1-23-25-35(24-2)43(13,14)29-36(38(53)50-31-49-37(52)28-32(3)4)45(17,18)33(5)48(22,42(10,11)12)40(55)57-27-26-56-39(54)46(19,20)44(15,16)30-47(21,34(6)51)41(7,8)9/h32-33,35-36H,23-31H2,1-22H3,(H,49,52)(H,50,53). The van der Waals surface area contributed by atoms with Crippen LogP contribution in [0.2, 0.25) is 0 Å². The lowest BCUT2D eigenvalue weighted by Crippen LogP contribution is -2.55. The summed E-state index contributed by atoms with van der Waals surface area (Å²) in [5.74, 6) is -1.22. The fourth-order valence-electron chi connectivity index (χ4n) is 8.75. The molecule has 5 atom stereocenters. The molecule has 9 nitrogen and oxygen atoms in total. The maximum absolute atomic E-state index is 14.4. The second-order valence-electron chi connectivity index (χ2n) is 22.6. The molecule has 0 radical (unpaired) electrons. The van der Waals surface area contributed by atoms with E-state index < -0.39 is 50.3 Å². The number of carbonyl (C=O) groups is 5. The summed E-state index contributed by atoms with van der Waals surface area (Å²) in [6.07, 6.45) is 4.58. The molecule has 0 spiro atoms. The molecule has 0 fully saturated rings. The molecule has 5 unspecified atom stereocenters. The maximum atomic E-state index is 14.4. The van der Waals surface area contributed by atoms with E-state index in [1.807, 2.05) is 83.1 Å². The average molecular weight is 807 g/mol. The highest BCUT2D eigenvalue weighted by Gasteiger charge is 2.57. The van der Waals surface area contributed by atoms with Crippen molar-refractivity contribution in [3.05, 3.63) is 0 Å². The van der Waals surface area contributed by atoms with Crippen molar-refractivity contribution in [3.8, 4) is 0 Å². The molecule has 0 rings (SSSR count). The highest BCUT2D eigenvalue weighted by molar-refractivity contribution is 5.84. The van der Waals surface area contributed by atoms with E-state index in [1.54, 1.807) is 6.92 Å². The topological polar surface area (TPSA) is 128 Å². The van der Waals surface area contributed by atoms with E-state index in [2.05, 4.69) is 72.9 Å². The molecule has 0 heterocycles. The highest BCUT2D eigenvalue weighted by atomic mass is 16.6. The number of hydrogen-bond acceptors (Lipinski definition) is 7. The number of ether oxygens (including phenoxy) is 2. The van der Waals surface area contributed by atoms with Crippen molar-refractivity contribution < 1.29 is 33.4 Å². The number of Topliss-reactive ketones (excluding diaryl/α,β-unsaturated/α-hetero) is 1. The molecule has 0 aliphatic rings. The molecule has 0 aromatic heterocycles. The number of ketones is 1. The van der Waals surface area contributed by atoms with E-state index in [1.165, 1.54) is 0 Å². The Morgan fingerprint density at radius 2 is 1.16 bits per heavy atom. The number of nitrogens with one attached hydrogen (secondary N) is 2. The molecule has 334 valence electrons. The van der Waals surface area contributed by atoms with Gasteiger partial charge in [-0.15, -0.1) is 0 Å². The van der Waals surface area contributed by atoms with Gasteiger partial charge in [0, 0.05) is 17.8 Å². The Hall–Kier alpha value is -2.45. The minimum Gasteiger partial charge on any atom is -0.462 e. The number of esters is 2. The van der Waals surface area contributed by atoms with Crippen LogP contribution < -0.4 is 10.6 Å². The Balaban J connectivity index is 6.47. The van der Waals surface area contributed by atoms with Gasteiger partial charge in [0.2, 0.25) is 11.8 Å². The van der Waals surface area contributed by atoms with Crippen molar-refractivity contribution in [2.24, 2.45) is 67.0 Å². The Labute approximate surface area is 350 Å². The van der Waals surface area contributed by atoms with Gasteiger partial charge >= 0.3 is 11.9 Å². The lowest BCUT2D eigenvalue weighted by Gasteiger charge is -2.53. The summed E-state index contributed by atoms with van der Waals surface area (Å²) in [6, 6.07) is 0. The molecule has 0 aliphatic carbocycles. The number of rotatable bonds is 23. The first-order valence-electron chi connectivity index (χ1n) is 21.9. The van der Waals surface area contributed by atoms with E-state index in [9.17, 15) is 24.0 Å². The van der Waals surface area contributed by atoms with Crippen LogP contribution in [0.1, 0.15) is 191 Å². The normalized spacial score (nSPS) is 17.1. The molecule has 57 heavy (non-hydrogen) atoms. The van der Waals surface area contributed by atoms with Gasteiger partial charge in [-0.05, 0) is 85.4 Å². The fourth-order valence-corrected chi connectivity index (χ4v) is 8.75. The number of amides is 2. The van der Waals surface area contributed by atoms with Crippen LogP contribution in [0.15, 0.2) is 0 Å². The minimum atomic E-state index is -1.05. The largest absolute Gasteiger partial charge is 0.462 e. The van der Waals surface area contributed by atoms with Crippen molar-refractivity contribution in [1.29, 1.82) is 0 Å².